The number of methoxy groups -OCH3 is 1. The van der Waals surface area contributed by atoms with Gasteiger partial charge in [-0.1, -0.05) is 0 Å². The molecule has 0 atom stereocenters. The van der Waals surface area contributed by atoms with Gasteiger partial charge in [-0.3, -0.25) is 0 Å². The number of thiophene rings is 1. The summed E-state index contributed by atoms with van der Waals surface area (Å²) in [4.78, 5) is 14.1. The SMILES string of the molecule is COc1n[nH]c(NS(=O)(=O)c2csc(C(=O)O)c2)n1. The molecule has 0 unspecified atom stereocenters. The second kappa shape index (κ2) is 4.85. The molecule has 0 aliphatic carbocycles. The van der Waals surface area contributed by atoms with E-state index < -0.39 is 16.0 Å². The van der Waals surface area contributed by atoms with Crippen molar-refractivity contribution in [3.8, 4) is 6.01 Å². The maximum Gasteiger partial charge on any atom is 0.345 e. The molecular weight excluding hydrogens is 296 g/mol. The van der Waals surface area contributed by atoms with Crippen molar-refractivity contribution in [3.63, 3.8) is 0 Å². The van der Waals surface area contributed by atoms with Gasteiger partial charge in [0.2, 0.25) is 5.95 Å². The summed E-state index contributed by atoms with van der Waals surface area (Å²) in [6.45, 7) is 0. The Morgan fingerprint density at radius 1 is 1.58 bits per heavy atom. The first-order valence-corrected chi connectivity index (χ1v) is 7.09. The van der Waals surface area contributed by atoms with Crippen LogP contribution in [-0.2, 0) is 10.0 Å². The Balaban J connectivity index is 2.24. The number of rotatable bonds is 5. The number of hydrogen-bond donors (Lipinski definition) is 3. The highest BCUT2D eigenvalue weighted by Crippen LogP contribution is 2.21. The van der Waals surface area contributed by atoms with Gasteiger partial charge < -0.3 is 9.84 Å². The predicted molar refractivity (Wildman–Crippen MR) is 65.0 cm³/mol. The van der Waals surface area contributed by atoms with Gasteiger partial charge in [-0.05, 0) is 6.07 Å². The van der Waals surface area contributed by atoms with Crippen LogP contribution in [0, 0.1) is 0 Å². The fraction of sp³-hybridized carbons (Fsp3) is 0.125. The fourth-order valence-electron chi connectivity index (χ4n) is 1.14. The Bertz CT molecular complexity index is 704. The van der Waals surface area contributed by atoms with Crippen LogP contribution in [0.4, 0.5) is 5.95 Å². The second-order valence-corrected chi connectivity index (χ2v) is 5.82. The van der Waals surface area contributed by atoms with Crippen LogP contribution < -0.4 is 9.46 Å². The highest BCUT2D eigenvalue weighted by molar-refractivity contribution is 7.92. The van der Waals surface area contributed by atoms with E-state index in [4.69, 9.17) is 5.11 Å². The van der Waals surface area contributed by atoms with Gasteiger partial charge in [0.15, 0.2) is 0 Å². The van der Waals surface area contributed by atoms with Crippen LogP contribution in [0.5, 0.6) is 6.01 Å². The maximum absolute atomic E-state index is 11.9. The topological polar surface area (TPSA) is 134 Å². The van der Waals surface area contributed by atoms with Gasteiger partial charge in [-0.2, -0.15) is 4.98 Å². The monoisotopic (exact) mass is 304 g/mol. The van der Waals surface area contributed by atoms with Crippen molar-refractivity contribution in [1.82, 2.24) is 15.2 Å². The van der Waals surface area contributed by atoms with Gasteiger partial charge >= 0.3 is 12.0 Å². The van der Waals surface area contributed by atoms with E-state index in [-0.39, 0.29) is 21.7 Å². The first-order chi connectivity index (χ1) is 8.92. The number of hydrogen-bond acceptors (Lipinski definition) is 7. The number of carboxylic acids is 1. The zero-order valence-electron chi connectivity index (χ0n) is 9.45. The molecule has 2 rings (SSSR count). The number of carbonyl (C=O) groups is 1. The van der Waals surface area contributed by atoms with Crippen LogP contribution in [0.15, 0.2) is 16.3 Å². The first-order valence-electron chi connectivity index (χ1n) is 4.73. The summed E-state index contributed by atoms with van der Waals surface area (Å²) in [5, 5.41) is 15.9. The molecule has 0 saturated carbocycles. The van der Waals surface area contributed by atoms with E-state index in [1.54, 1.807) is 0 Å². The molecule has 0 fully saturated rings. The summed E-state index contributed by atoms with van der Waals surface area (Å²) in [7, 11) is -2.58. The van der Waals surface area contributed by atoms with Crippen molar-refractivity contribution in [1.29, 1.82) is 0 Å². The zero-order valence-corrected chi connectivity index (χ0v) is 11.1. The van der Waals surface area contributed by atoms with Crippen molar-refractivity contribution in [2.75, 3.05) is 11.8 Å². The number of nitrogens with zero attached hydrogens (tertiary/aromatic N) is 2. The molecule has 0 spiro atoms. The molecule has 0 radical (unpaired) electrons. The van der Waals surface area contributed by atoms with Crippen LogP contribution in [0.1, 0.15) is 9.67 Å². The van der Waals surface area contributed by atoms with Crippen LogP contribution in [-0.4, -0.2) is 41.8 Å². The van der Waals surface area contributed by atoms with E-state index in [1.807, 2.05) is 0 Å². The molecule has 2 aromatic heterocycles. The summed E-state index contributed by atoms with van der Waals surface area (Å²) < 4.78 is 30.6. The molecule has 0 saturated heterocycles. The largest absolute Gasteiger partial charge is 0.477 e. The molecule has 102 valence electrons. The van der Waals surface area contributed by atoms with Crippen molar-refractivity contribution < 1.29 is 23.1 Å². The third-order valence-electron chi connectivity index (χ3n) is 1.97. The van der Waals surface area contributed by atoms with Crippen molar-refractivity contribution in [2.45, 2.75) is 4.90 Å². The quantitative estimate of drug-likeness (QED) is 0.726. The Kier molecular flexibility index (Phi) is 3.40. The van der Waals surface area contributed by atoms with Crippen molar-refractivity contribution in [2.24, 2.45) is 0 Å². The molecular formula is C8H8N4O5S2. The maximum atomic E-state index is 11.9. The fourth-order valence-corrected chi connectivity index (χ4v) is 3.21. The molecule has 9 nitrogen and oxygen atoms in total. The average Bonchev–Trinajstić information content (AvgIpc) is 2.95. The normalized spacial score (nSPS) is 11.2. The zero-order chi connectivity index (χ0) is 14.0. The van der Waals surface area contributed by atoms with Gasteiger partial charge in [0.05, 0.1) is 12.0 Å². The van der Waals surface area contributed by atoms with Crippen molar-refractivity contribution in [3.05, 3.63) is 16.3 Å². The summed E-state index contributed by atoms with van der Waals surface area (Å²) in [6, 6.07) is 1.04. The summed E-state index contributed by atoms with van der Waals surface area (Å²) >= 11 is 0.815. The Morgan fingerprint density at radius 2 is 2.32 bits per heavy atom. The van der Waals surface area contributed by atoms with E-state index in [0.717, 1.165) is 17.4 Å². The standard InChI is InChI=1S/C8H8N4O5S2/c1-17-8-9-7(10-11-8)12-19(15,16)4-2-5(6(13)14)18-3-4/h2-3H,1H3,(H,13,14)(H2,9,10,11,12). The Morgan fingerprint density at radius 3 is 2.84 bits per heavy atom. The average molecular weight is 304 g/mol. The lowest BCUT2D eigenvalue weighted by Crippen LogP contribution is -2.13. The van der Waals surface area contributed by atoms with E-state index in [0.29, 0.717) is 0 Å². The summed E-state index contributed by atoms with van der Waals surface area (Å²) in [6.07, 6.45) is 0. The minimum atomic E-state index is -3.91. The minimum Gasteiger partial charge on any atom is -0.477 e. The molecule has 11 heteroatoms. The van der Waals surface area contributed by atoms with E-state index in [2.05, 4.69) is 24.6 Å². The highest BCUT2D eigenvalue weighted by Gasteiger charge is 2.20. The molecule has 0 amide bonds. The second-order valence-electron chi connectivity index (χ2n) is 3.23. The minimum absolute atomic E-state index is 0.0192. The lowest BCUT2D eigenvalue weighted by Gasteiger charge is -2.01. The van der Waals surface area contributed by atoms with Crippen molar-refractivity contribution >= 4 is 33.3 Å². The third-order valence-corrected chi connectivity index (χ3v) is 4.36. The number of aromatic carboxylic acids is 1. The molecule has 2 aromatic rings. The molecule has 0 aliphatic heterocycles. The predicted octanol–water partition coefficient (Wildman–Crippen LogP) is 0.374. The number of ether oxygens (including phenoxy) is 1. The van der Waals surface area contributed by atoms with Gasteiger partial charge in [-0.15, -0.1) is 16.4 Å². The number of anilines is 1. The van der Waals surface area contributed by atoms with Crippen LogP contribution >= 0.6 is 11.3 Å². The number of aromatic amines is 1. The Labute approximate surface area is 111 Å². The lowest BCUT2D eigenvalue weighted by atomic mass is 10.5. The molecule has 19 heavy (non-hydrogen) atoms. The molecule has 0 aromatic carbocycles. The van der Waals surface area contributed by atoms with Crippen LogP contribution in [0.3, 0.4) is 0 Å². The molecule has 3 N–H and O–H groups in total. The summed E-state index contributed by atoms with van der Waals surface area (Å²) in [5.41, 5.74) is 0. The van der Waals surface area contributed by atoms with Gasteiger partial charge in [0, 0.05) is 5.38 Å². The third kappa shape index (κ3) is 2.82. The van der Waals surface area contributed by atoms with E-state index in [9.17, 15) is 13.2 Å². The smallest absolute Gasteiger partial charge is 0.345 e. The molecule has 2 heterocycles. The first kappa shape index (κ1) is 13.3. The lowest BCUT2D eigenvalue weighted by molar-refractivity contribution is 0.0702. The van der Waals surface area contributed by atoms with Crippen LogP contribution in [0.2, 0.25) is 0 Å². The van der Waals surface area contributed by atoms with E-state index >= 15 is 0 Å². The van der Waals surface area contributed by atoms with Gasteiger partial charge in [-0.25, -0.2) is 23.0 Å². The molecule has 0 aliphatic rings. The number of H-pyrrole nitrogens is 1. The number of sulfonamides is 1. The van der Waals surface area contributed by atoms with Gasteiger partial charge in [0.1, 0.15) is 4.88 Å². The van der Waals surface area contributed by atoms with Crippen LogP contribution in [0.25, 0.3) is 0 Å². The Hall–Kier alpha value is -2.14. The highest BCUT2D eigenvalue weighted by atomic mass is 32.2. The number of nitrogens with one attached hydrogen (secondary N) is 2. The molecule has 0 bridgehead atoms. The van der Waals surface area contributed by atoms with E-state index in [1.165, 1.54) is 12.5 Å². The summed E-state index contributed by atoms with van der Waals surface area (Å²) in [5.74, 6) is -1.31. The number of carboxylic acid groups (broad SMARTS) is 1. The number of aromatic nitrogens is 3. The van der Waals surface area contributed by atoms with Gasteiger partial charge in [0.25, 0.3) is 10.0 Å².